The lowest BCUT2D eigenvalue weighted by molar-refractivity contribution is 0.194. The van der Waals surface area contributed by atoms with E-state index in [4.69, 9.17) is 0 Å². The normalized spacial score (nSPS) is 12.5. The molecule has 0 aliphatic carbocycles. The van der Waals surface area contributed by atoms with Crippen LogP contribution in [0, 0.1) is 0 Å². The molecule has 94 valence electrons. The van der Waals surface area contributed by atoms with E-state index in [9.17, 15) is 5.11 Å². The van der Waals surface area contributed by atoms with Crippen LogP contribution in [-0.4, -0.2) is 10.1 Å². The largest absolute Gasteiger partial charge is 0.387 e. The molecule has 1 heterocycles. The number of rotatable bonds is 2. The number of aliphatic hydroxyl groups excluding tert-OH is 1. The van der Waals surface area contributed by atoms with E-state index in [1.165, 1.54) is 10.8 Å². The van der Waals surface area contributed by atoms with Crippen LogP contribution in [-0.2, 0) is 0 Å². The number of hydrogen-bond acceptors (Lipinski definition) is 2. The number of hydrogen-bond donors (Lipinski definition) is 1. The fourth-order valence-corrected chi connectivity index (χ4v) is 2.28. The first-order valence-electron chi connectivity index (χ1n) is 6.39. The third-order valence-corrected chi connectivity index (χ3v) is 3.26. The summed E-state index contributed by atoms with van der Waals surface area (Å²) in [5, 5.41) is 12.0. The van der Waals surface area contributed by atoms with Crippen LogP contribution in [0.2, 0.25) is 0 Å². The number of aliphatic hydroxyl groups is 1. The van der Waals surface area contributed by atoms with Gasteiger partial charge in [0.25, 0.3) is 0 Å². The van der Waals surface area contributed by atoms with Crippen molar-refractivity contribution in [2.75, 3.05) is 0 Å². The van der Waals surface area contributed by atoms with E-state index in [1.807, 2.05) is 36.4 Å². The van der Waals surface area contributed by atoms with Gasteiger partial charge in [-0.2, -0.15) is 0 Å². The van der Waals surface area contributed by atoms with E-state index in [1.54, 1.807) is 6.92 Å². The van der Waals surface area contributed by atoms with Crippen LogP contribution in [0.4, 0.5) is 0 Å². The summed E-state index contributed by atoms with van der Waals surface area (Å²) in [6.07, 6.45) is -0.546. The van der Waals surface area contributed by atoms with E-state index in [0.29, 0.717) is 5.69 Å². The van der Waals surface area contributed by atoms with Gasteiger partial charge in [0.1, 0.15) is 0 Å². The maximum Gasteiger partial charge on any atom is 0.0932 e. The van der Waals surface area contributed by atoms with Crippen molar-refractivity contribution < 1.29 is 5.11 Å². The second-order valence-corrected chi connectivity index (χ2v) is 4.65. The standard InChI is InChI=1S/C17H15NO/c1-12(19)16-10-5-11-17(18-16)15-9-4-7-13-6-2-3-8-14(13)15/h2-12,19H,1H3/t12-/m0/s1. The van der Waals surface area contributed by atoms with Crippen molar-refractivity contribution in [3.05, 3.63) is 66.4 Å². The van der Waals surface area contributed by atoms with Crippen molar-refractivity contribution in [1.29, 1.82) is 0 Å². The van der Waals surface area contributed by atoms with Crippen LogP contribution in [0.15, 0.2) is 60.7 Å². The zero-order valence-electron chi connectivity index (χ0n) is 10.7. The summed E-state index contributed by atoms with van der Waals surface area (Å²) in [5.74, 6) is 0. The molecular weight excluding hydrogens is 234 g/mol. The Hall–Kier alpha value is -2.19. The highest BCUT2D eigenvalue weighted by Gasteiger charge is 2.07. The van der Waals surface area contributed by atoms with Gasteiger partial charge in [-0.05, 0) is 29.8 Å². The SMILES string of the molecule is C[C@H](O)c1cccc(-c2cccc3ccccc23)n1. The molecule has 0 aliphatic rings. The molecule has 0 saturated carbocycles. The number of nitrogens with zero attached hydrogens (tertiary/aromatic N) is 1. The zero-order chi connectivity index (χ0) is 13.2. The van der Waals surface area contributed by atoms with Crippen LogP contribution in [0.1, 0.15) is 18.7 Å². The first-order chi connectivity index (χ1) is 9.25. The lowest BCUT2D eigenvalue weighted by Crippen LogP contribution is -1.96. The lowest BCUT2D eigenvalue weighted by Gasteiger charge is -2.09. The molecule has 0 amide bonds. The average molecular weight is 249 g/mol. The van der Waals surface area contributed by atoms with E-state index < -0.39 is 6.10 Å². The Labute approximate surface area is 112 Å². The highest BCUT2D eigenvalue weighted by Crippen LogP contribution is 2.27. The quantitative estimate of drug-likeness (QED) is 0.745. The van der Waals surface area contributed by atoms with Crippen LogP contribution < -0.4 is 0 Å². The summed E-state index contributed by atoms with van der Waals surface area (Å²) >= 11 is 0. The number of fused-ring (bicyclic) bond motifs is 1. The number of benzene rings is 2. The van der Waals surface area contributed by atoms with Crippen molar-refractivity contribution in [2.24, 2.45) is 0 Å². The average Bonchev–Trinajstić information content (AvgIpc) is 2.47. The summed E-state index contributed by atoms with van der Waals surface area (Å²) in [5.41, 5.74) is 2.70. The van der Waals surface area contributed by atoms with Gasteiger partial charge in [-0.3, -0.25) is 4.98 Å². The Morgan fingerprint density at radius 3 is 2.47 bits per heavy atom. The van der Waals surface area contributed by atoms with Crippen LogP contribution >= 0.6 is 0 Å². The molecule has 3 rings (SSSR count). The highest BCUT2D eigenvalue weighted by atomic mass is 16.3. The van der Waals surface area contributed by atoms with E-state index in [-0.39, 0.29) is 0 Å². The van der Waals surface area contributed by atoms with Gasteiger partial charge < -0.3 is 5.11 Å². The number of pyridine rings is 1. The van der Waals surface area contributed by atoms with Gasteiger partial charge in [-0.1, -0.05) is 48.5 Å². The minimum Gasteiger partial charge on any atom is -0.387 e. The van der Waals surface area contributed by atoms with Crippen molar-refractivity contribution in [2.45, 2.75) is 13.0 Å². The van der Waals surface area contributed by atoms with Crippen molar-refractivity contribution in [1.82, 2.24) is 4.98 Å². The summed E-state index contributed by atoms with van der Waals surface area (Å²) in [6, 6.07) is 20.2. The van der Waals surface area contributed by atoms with Gasteiger partial charge >= 0.3 is 0 Å². The zero-order valence-corrected chi connectivity index (χ0v) is 10.7. The van der Waals surface area contributed by atoms with Crippen LogP contribution in [0.25, 0.3) is 22.0 Å². The van der Waals surface area contributed by atoms with Gasteiger partial charge in [-0.15, -0.1) is 0 Å². The molecule has 1 aromatic heterocycles. The van der Waals surface area contributed by atoms with Gasteiger partial charge in [0.05, 0.1) is 17.5 Å². The summed E-state index contributed by atoms with van der Waals surface area (Å²) in [4.78, 5) is 4.54. The molecule has 19 heavy (non-hydrogen) atoms. The molecule has 0 bridgehead atoms. The molecule has 2 aromatic carbocycles. The molecule has 0 fully saturated rings. The minimum absolute atomic E-state index is 0.546. The minimum atomic E-state index is -0.546. The molecule has 0 unspecified atom stereocenters. The summed E-state index contributed by atoms with van der Waals surface area (Å²) in [6.45, 7) is 1.73. The molecule has 1 N–H and O–H groups in total. The topological polar surface area (TPSA) is 33.1 Å². The predicted octanol–water partition coefficient (Wildman–Crippen LogP) is 3.96. The molecule has 0 spiro atoms. The third-order valence-electron chi connectivity index (χ3n) is 3.26. The van der Waals surface area contributed by atoms with Crippen molar-refractivity contribution >= 4 is 10.8 Å². The Morgan fingerprint density at radius 1 is 0.895 bits per heavy atom. The van der Waals surface area contributed by atoms with E-state index >= 15 is 0 Å². The molecule has 0 radical (unpaired) electrons. The summed E-state index contributed by atoms with van der Waals surface area (Å²) in [7, 11) is 0. The van der Waals surface area contributed by atoms with Gasteiger partial charge in [0.2, 0.25) is 0 Å². The molecule has 0 aliphatic heterocycles. The molecular formula is C17H15NO. The second kappa shape index (κ2) is 4.82. The fourth-order valence-electron chi connectivity index (χ4n) is 2.28. The molecule has 2 nitrogen and oxygen atoms in total. The molecule has 2 heteroatoms. The van der Waals surface area contributed by atoms with E-state index in [0.717, 1.165) is 11.3 Å². The first kappa shape index (κ1) is 11.9. The third kappa shape index (κ3) is 2.23. The van der Waals surface area contributed by atoms with Gasteiger partial charge in [0, 0.05) is 5.56 Å². The van der Waals surface area contributed by atoms with E-state index in [2.05, 4.69) is 29.2 Å². The van der Waals surface area contributed by atoms with Crippen LogP contribution in [0.3, 0.4) is 0 Å². The smallest absolute Gasteiger partial charge is 0.0932 e. The Morgan fingerprint density at radius 2 is 1.63 bits per heavy atom. The van der Waals surface area contributed by atoms with Crippen molar-refractivity contribution in [3.8, 4) is 11.3 Å². The second-order valence-electron chi connectivity index (χ2n) is 4.65. The van der Waals surface area contributed by atoms with Gasteiger partial charge in [0.15, 0.2) is 0 Å². The lowest BCUT2D eigenvalue weighted by atomic mass is 10.0. The first-order valence-corrected chi connectivity index (χ1v) is 6.39. The predicted molar refractivity (Wildman–Crippen MR) is 77.8 cm³/mol. The number of aromatic nitrogens is 1. The fraction of sp³-hybridized carbons (Fsp3) is 0.118. The van der Waals surface area contributed by atoms with Crippen molar-refractivity contribution in [3.63, 3.8) is 0 Å². The summed E-state index contributed by atoms with van der Waals surface area (Å²) < 4.78 is 0. The maximum absolute atomic E-state index is 9.65. The highest BCUT2D eigenvalue weighted by molar-refractivity contribution is 5.95. The monoisotopic (exact) mass is 249 g/mol. The van der Waals surface area contributed by atoms with Gasteiger partial charge in [-0.25, -0.2) is 0 Å². The molecule has 3 aromatic rings. The molecule has 1 atom stereocenters. The Balaban J connectivity index is 2.22. The van der Waals surface area contributed by atoms with Crippen LogP contribution in [0.5, 0.6) is 0 Å². The molecule has 0 saturated heterocycles. The maximum atomic E-state index is 9.65. The Bertz CT molecular complexity index is 714. The Kier molecular flexibility index (Phi) is 3.02.